The molecule has 0 aliphatic heterocycles. The van der Waals surface area contributed by atoms with Gasteiger partial charge >= 0.3 is 0 Å². The van der Waals surface area contributed by atoms with Gasteiger partial charge in [-0.05, 0) is 47.5 Å². The maximum Gasteiger partial charge on any atom is 0.192 e. The Morgan fingerprint density at radius 3 is 2.50 bits per heavy atom. The van der Waals surface area contributed by atoms with Gasteiger partial charge in [-0.15, -0.1) is 10.2 Å². The molecule has 0 atom stereocenters. The standard InChI is InChI=1S/C25H18FN5S/c26-21-11-9-19(10-12-21)24-28-29-25(31(24)15-18-6-2-1-3-7-18)32-17-20-16-30-13-5-4-8-23(30)22(20)14-27/h1-13,16H,15,17H2. The van der Waals surface area contributed by atoms with Gasteiger partial charge in [0.1, 0.15) is 11.9 Å². The quantitative estimate of drug-likeness (QED) is 0.326. The minimum absolute atomic E-state index is 0.290. The van der Waals surface area contributed by atoms with Crippen LogP contribution in [0.25, 0.3) is 16.9 Å². The Morgan fingerprint density at radius 1 is 0.938 bits per heavy atom. The van der Waals surface area contributed by atoms with Crippen molar-refractivity contribution >= 4 is 17.3 Å². The van der Waals surface area contributed by atoms with Crippen LogP contribution in [0.3, 0.4) is 0 Å². The molecule has 0 unspecified atom stereocenters. The molecule has 3 heterocycles. The Hall–Kier alpha value is -3.89. The third-order valence-electron chi connectivity index (χ3n) is 5.23. The van der Waals surface area contributed by atoms with Crippen molar-refractivity contribution in [3.63, 3.8) is 0 Å². The molecule has 0 fully saturated rings. The van der Waals surface area contributed by atoms with E-state index >= 15 is 0 Å². The molecule has 5 aromatic rings. The number of halogens is 1. The highest BCUT2D eigenvalue weighted by Gasteiger charge is 2.17. The van der Waals surface area contributed by atoms with E-state index < -0.39 is 0 Å². The Labute approximate surface area is 188 Å². The first kappa shape index (κ1) is 20.0. The van der Waals surface area contributed by atoms with Crippen molar-refractivity contribution in [1.29, 1.82) is 5.26 Å². The summed E-state index contributed by atoms with van der Waals surface area (Å²) in [5, 5.41) is 19.3. The lowest BCUT2D eigenvalue weighted by atomic mass is 10.2. The summed E-state index contributed by atoms with van der Waals surface area (Å²) in [5.74, 6) is 0.974. The van der Waals surface area contributed by atoms with Crippen LogP contribution >= 0.6 is 11.8 Å². The molecule has 3 aromatic heterocycles. The van der Waals surface area contributed by atoms with Gasteiger partial charge in [0.2, 0.25) is 0 Å². The molecule has 156 valence electrons. The van der Waals surface area contributed by atoms with E-state index in [2.05, 4.69) is 28.4 Å². The highest BCUT2D eigenvalue weighted by molar-refractivity contribution is 7.98. The van der Waals surface area contributed by atoms with Gasteiger partial charge in [-0.3, -0.25) is 4.57 Å². The molecule has 2 aromatic carbocycles. The maximum atomic E-state index is 13.4. The molecule has 0 N–H and O–H groups in total. The minimum atomic E-state index is -0.290. The molecule has 0 saturated heterocycles. The van der Waals surface area contributed by atoms with Gasteiger partial charge in [-0.25, -0.2) is 4.39 Å². The summed E-state index contributed by atoms with van der Waals surface area (Å²) in [6, 6.07) is 24.5. The number of rotatable bonds is 6. The molecular weight excluding hydrogens is 421 g/mol. The molecule has 0 aliphatic rings. The number of fused-ring (bicyclic) bond motifs is 1. The van der Waals surface area contributed by atoms with Gasteiger partial charge < -0.3 is 4.40 Å². The van der Waals surface area contributed by atoms with Crippen LogP contribution in [0.15, 0.2) is 90.3 Å². The number of pyridine rings is 1. The lowest BCUT2D eigenvalue weighted by Crippen LogP contribution is -2.04. The average molecular weight is 440 g/mol. The lowest BCUT2D eigenvalue weighted by Gasteiger charge is -2.10. The van der Waals surface area contributed by atoms with Gasteiger partial charge in [-0.1, -0.05) is 48.2 Å². The number of aromatic nitrogens is 4. The molecule has 0 aliphatic carbocycles. The van der Waals surface area contributed by atoms with Gasteiger partial charge in [0.05, 0.1) is 17.6 Å². The fourth-order valence-electron chi connectivity index (χ4n) is 3.67. The van der Waals surface area contributed by atoms with Crippen LogP contribution in [0.5, 0.6) is 0 Å². The van der Waals surface area contributed by atoms with Gasteiger partial charge in [0.15, 0.2) is 11.0 Å². The third kappa shape index (κ3) is 3.88. The summed E-state index contributed by atoms with van der Waals surface area (Å²) in [6.07, 6.45) is 3.93. The second-order valence-electron chi connectivity index (χ2n) is 7.31. The zero-order valence-electron chi connectivity index (χ0n) is 17.0. The van der Waals surface area contributed by atoms with E-state index in [9.17, 15) is 9.65 Å². The van der Waals surface area contributed by atoms with Crippen LogP contribution < -0.4 is 0 Å². The van der Waals surface area contributed by atoms with Crippen LogP contribution in [-0.4, -0.2) is 19.2 Å². The van der Waals surface area contributed by atoms with Crippen molar-refractivity contribution in [3.8, 4) is 17.5 Å². The third-order valence-corrected chi connectivity index (χ3v) is 6.25. The number of hydrogen-bond acceptors (Lipinski definition) is 4. The van der Waals surface area contributed by atoms with E-state index in [0.29, 0.717) is 23.7 Å². The van der Waals surface area contributed by atoms with Crippen molar-refractivity contribution in [1.82, 2.24) is 19.2 Å². The molecular formula is C25H18FN5S. The fraction of sp³-hybridized carbons (Fsp3) is 0.0800. The molecule has 5 rings (SSSR count). The summed E-state index contributed by atoms with van der Waals surface area (Å²) in [6.45, 7) is 0.589. The Bertz CT molecular complexity index is 1410. The number of thioether (sulfide) groups is 1. The summed E-state index contributed by atoms with van der Waals surface area (Å²) in [5.41, 5.74) is 4.43. The zero-order chi connectivity index (χ0) is 21.9. The number of hydrogen-bond donors (Lipinski definition) is 0. The Morgan fingerprint density at radius 2 is 1.72 bits per heavy atom. The lowest BCUT2D eigenvalue weighted by molar-refractivity contribution is 0.628. The van der Waals surface area contributed by atoms with Crippen molar-refractivity contribution in [2.45, 2.75) is 17.5 Å². The van der Waals surface area contributed by atoms with Crippen molar-refractivity contribution < 1.29 is 4.39 Å². The molecule has 0 amide bonds. The summed E-state index contributed by atoms with van der Waals surface area (Å²) < 4.78 is 17.4. The highest BCUT2D eigenvalue weighted by atomic mass is 32.2. The monoisotopic (exact) mass is 439 g/mol. The summed E-state index contributed by atoms with van der Waals surface area (Å²) in [4.78, 5) is 0. The van der Waals surface area contributed by atoms with Crippen LogP contribution in [-0.2, 0) is 12.3 Å². The average Bonchev–Trinajstić information content (AvgIpc) is 3.39. The van der Waals surface area contributed by atoms with Crippen LogP contribution in [0.4, 0.5) is 4.39 Å². The maximum absolute atomic E-state index is 13.4. The van der Waals surface area contributed by atoms with Crippen molar-refractivity contribution in [2.75, 3.05) is 0 Å². The normalized spacial score (nSPS) is 11.0. The number of benzene rings is 2. The second-order valence-corrected chi connectivity index (χ2v) is 8.25. The van der Waals surface area contributed by atoms with E-state index in [1.54, 1.807) is 12.1 Å². The zero-order valence-corrected chi connectivity index (χ0v) is 17.8. The fourth-order valence-corrected chi connectivity index (χ4v) is 4.58. The van der Waals surface area contributed by atoms with Gasteiger partial charge in [-0.2, -0.15) is 5.26 Å². The number of nitrogens with zero attached hydrogens (tertiary/aromatic N) is 5. The predicted octanol–water partition coefficient (Wildman–Crippen LogP) is 5.55. The van der Waals surface area contributed by atoms with Crippen molar-refractivity contribution in [3.05, 3.63) is 108 Å². The van der Waals surface area contributed by atoms with Gasteiger partial charge in [0, 0.05) is 23.7 Å². The Balaban J connectivity index is 1.50. The first-order valence-corrected chi connectivity index (χ1v) is 11.1. The molecule has 0 saturated carbocycles. The SMILES string of the molecule is N#Cc1c(CSc2nnc(-c3ccc(F)cc3)n2Cc2ccccc2)cn2ccccc12. The van der Waals surface area contributed by atoms with Crippen LogP contribution in [0, 0.1) is 17.1 Å². The second kappa shape index (κ2) is 8.69. The molecule has 0 bridgehead atoms. The predicted molar refractivity (Wildman–Crippen MR) is 123 cm³/mol. The van der Waals surface area contributed by atoms with E-state index in [0.717, 1.165) is 27.4 Å². The van der Waals surface area contributed by atoms with Crippen molar-refractivity contribution in [2.24, 2.45) is 0 Å². The van der Waals surface area contributed by atoms with Gasteiger partial charge in [0.25, 0.3) is 0 Å². The van der Waals surface area contributed by atoms with E-state index in [-0.39, 0.29) is 5.82 Å². The molecule has 5 nitrogen and oxygen atoms in total. The highest BCUT2D eigenvalue weighted by Crippen LogP contribution is 2.30. The number of nitriles is 1. The van der Waals surface area contributed by atoms with Crippen LogP contribution in [0.1, 0.15) is 16.7 Å². The smallest absolute Gasteiger partial charge is 0.192 e. The molecule has 0 radical (unpaired) electrons. The molecule has 7 heteroatoms. The first-order chi connectivity index (χ1) is 15.7. The minimum Gasteiger partial charge on any atom is -0.322 e. The summed E-state index contributed by atoms with van der Waals surface area (Å²) in [7, 11) is 0. The largest absolute Gasteiger partial charge is 0.322 e. The topological polar surface area (TPSA) is 58.9 Å². The summed E-state index contributed by atoms with van der Waals surface area (Å²) >= 11 is 1.53. The molecule has 0 spiro atoms. The van der Waals surface area contributed by atoms with E-state index in [1.165, 1.54) is 23.9 Å². The Kier molecular flexibility index (Phi) is 5.44. The van der Waals surface area contributed by atoms with E-state index in [1.807, 2.05) is 57.8 Å². The van der Waals surface area contributed by atoms with Crippen LogP contribution in [0.2, 0.25) is 0 Å². The van der Waals surface area contributed by atoms with E-state index in [4.69, 9.17) is 0 Å². The molecule has 32 heavy (non-hydrogen) atoms. The first-order valence-electron chi connectivity index (χ1n) is 10.1.